The third kappa shape index (κ3) is 2.75. The van der Waals surface area contributed by atoms with E-state index in [4.69, 9.17) is 4.52 Å². The first-order valence-electron chi connectivity index (χ1n) is 6.88. The van der Waals surface area contributed by atoms with Crippen LogP contribution in [-0.2, 0) is 6.54 Å². The highest BCUT2D eigenvalue weighted by molar-refractivity contribution is 5.20. The molecule has 1 aliphatic heterocycles. The first-order valence-corrected chi connectivity index (χ1v) is 6.88. The van der Waals surface area contributed by atoms with Crippen molar-refractivity contribution in [3.8, 4) is 0 Å². The van der Waals surface area contributed by atoms with E-state index in [1.165, 1.54) is 5.56 Å². The van der Waals surface area contributed by atoms with E-state index in [-0.39, 0.29) is 0 Å². The minimum Gasteiger partial charge on any atom is -0.361 e. The first-order chi connectivity index (χ1) is 8.49. The van der Waals surface area contributed by atoms with Crippen molar-refractivity contribution in [3.63, 3.8) is 0 Å². The standard InChI is InChI=1S/C14H25N3O/c1-9(2)14-8-17(10(3)6-15-14)7-13-11(4)16-18-12(13)5/h9-10,14-15H,6-8H2,1-5H3. The monoisotopic (exact) mass is 251 g/mol. The fourth-order valence-electron chi connectivity index (χ4n) is 2.55. The molecule has 2 heterocycles. The Kier molecular flexibility index (Phi) is 4.07. The van der Waals surface area contributed by atoms with Crippen LogP contribution in [0, 0.1) is 19.8 Å². The molecule has 0 aliphatic carbocycles. The molecule has 0 radical (unpaired) electrons. The summed E-state index contributed by atoms with van der Waals surface area (Å²) >= 11 is 0. The molecule has 1 fully saturated rings. The summed E-state index contributed by atoms with van der Waals surface area (Å²) in [4.78, 5) is 2.54. The van der Waals surface area contributed by atoms with Crippen molar-refractivity contribution in [2.24, 2.45) is 5.92 Å². The summed E-state index contributed by atoms with van der Waals surface area (Å²) < 4.78 is 5.25. The number of piperazine rings is 1. The maximum atomic E-state index is 5.25. The van der Waals surface area contributed by atoms with Crippen molar-refractivity contribution < 1.29 is 4.52 Å². The lowest BCUT2D eigenvalue weighted by Gasteiger charge is -2.40. The molecule has 4 heteroatoms. The number of aromatic nitrogens is 1. The van der Waals surface area contributed by atoms with E-state index >= 15 is 0 Å². The molecular formula is C14H25N3O. The number of nitrogens with zero attached hydrogens (tertiary/aromatic N) is 2. The van der Waals surface area contributed by atoms with Gasteiger partial charge in [0.25, 0.3) is 0 Å². The molecule has 0 amide bonds. The highest BCUT2D eigenvalue weighted by atomic mass is 16.5. The zero-order valence-corrected chi connectivity index (χ0v) is 12.2. The van der Waals surface area contributed by atoms with Crippen molar-refractivity contribution in [1.29, 1.82) is 0 Å². The highest BCUT2D eigenvalue weighted by Gasteiger charge is 2.27. The number of hydrogen-bond acceptors (Lipinski definition) is 4. The molecule has 0 bridgehead atoms. The predicted molar refractivity (Wildman–Crippen MR) is 72.5 cm³/mol. The first kappa shape index (κ1) is 13.6. The Bertz CT molecular complexity index is 380. The molecule has 2 rings (SSSR count). The Morgan fingerprint density at radius 1 is 1.44 bits per heavy atom. The van der Waals surface area contributed by atoms with Crippen molar-refractivity contribution in [1.82, 2.24) is 15.4 Å². The summed E-state index contributed by atoms with van der Waals surface area (Å²) in [5.74, 6) is 1.63. The van der Waals surface area contributed by atoms with Crippen LogP contribution in [0.2, 0.25) is 0 Å². The normalized spacial score (nSPS) is 25.9. The lowest BCUT2D eigenvalue weighted by molar-refractivity contribution is 0.115. The van der Waals surface area contributed by atoms with Crippen molar-refractivity contribution >= 4 is 0 Å². The summed E-state index contributed by atoms with van der Waals surface area (Å²) in [6, 6.07) is 1.15. The smallest absolute Gasteiger partial charge is 0.138 e. The maximum Gasteiger partial charge on any atom is 0.138 e. The van der Waals surface area contributed by atoms with Gasteiger partial charge in [0.15, 0.2) is 0 Å². The molecule has 0 aromatic carbocycles. The maximum absolute atomic E-state index is 5.25. The lowest BCUT2D eigenvalue weighted by Crippen LogP contribution is -2.56. The molecule has 102 valence electrons. The van der Waals surface area contributed by atoms with Crippen LogP contribution in [0.4, 0.5) is 0 Å². The molecule has 0 saturated carbocycles. The van der Waals surface area contributed by atoms with Crippen LogP contribution in [0.3, 0.4) is 0 Å². The molecule has 1 N–H and O–H groups in total. The summed E-state index contributed by atoms with van der Waals surface area (Å²) in [5.41, 5.74) is 2.28. The van der Waals surface area contributed by atoms with Gasteiger partial charge in [0, 0.05) is 37.3 Å². The van der Waals surface area contributed by atoms with Gasteiger partial charge in [-0.1, -0.05) is 19.0 Å². The Labute approximate surface area is 110 Å². The van der Waals surface area contributed by atoms with Gasteiger partial charge in [0.05, 0.1) is 5.69 Å². The second-order valence-electron chi connectivity index (χ2n) is 5.84. The van der Waals surface area contributed by atoms with Gasteiger partial charge in [-0.2, -0.15) is 0 Å². The minimum absolute atomic E-state index is 0.564. The zero-order chi connectivity index (χ0) is 13.3. The largest absolute Gasteiger partial charge is 0.361 e. The van der Waals surface area contributed by atoms with Gasteiger partial charge in [-0.15, -0.1) is 0 Å². The van der Waals surface area contributed by atoms with Crippen LogP contribution in [0.15, 0.2) is 4.52 Å². The van der Waals surface area contributed by atoms with E-state index in [1.54, 1.807) is 0 Å². The summed E-state index contributed by atoms with van der Waals surface area (Å²) in [6.07, 6.45) is 0. The quantitative estimate of drug-likeness (QED) is 0.893. The van der Waals surface area contributed by atoms with Gasteiger partial charge in [0.2, 0.25) is 0 Å². The Hall–Kier alpha value is -0.870. The number of rotatable bonds is 3. The fraction of sp³-hybridized carbons (Fsp3) is 0.786. The minimum atomic E-state index is 0.564. The van der Waals surface area contributed by atoms with Gasteiger partial charge in [-0.3, -0.25) is 4.90 Å². The average molecular weight is 251 g/mol. The molecule has 1 saturated heterocycles. The highest BCUT2D eigenvalue weighted by Crippen LogP contribution is 2.19. The van der Waals surface area contributed by atoms with Gasteiger partial charge in [-0.25, -0.2) is 0 Å². The molecule has 1 aliphatic rings. The molecule has 1 aromatic heterocycles. The van der Waals surface area contributed by atoms with Crippen molar-refractivity contribution in [2.75, 3.05) is 13.1 Å². The number of hydrogen-bond donors (Lipinski definition) is 1. The molecule has 1 aromatic rings. The van der Waals surface area contributed by atoms with Crippen LogP contribution in [0.25, 0.3) is 0 Å². The third-order valence-electron chi connectivity index (χ3n) is 4.08. The fourth-order valence-corrected chi connectivity index (χ4v) is 2.55. The van der Waals surface area contributed by atoms with Gasteiger partial charge < -0.3 is 9.84 Å². The Balaban J connectivity index is 2.07. The molecule has 18 heavy (non-hydrogen) atoms. The van der Waals surface area contributed by atoms with E-state index in [9.17, 15) is 0 Å². The second kappa shape index (κ2) is 5.41. The van der Waals surface area contributed by atoms with Crippen molar-refractivity contribution in [3.05, 3.63) is 17.0 Å². The summed E-state index contributed by atoms with van der Waals surface area (Å²) in [6.45, 7) is 14.0. The Morgan fingerprint density at radius 2 is 2.17 bits per heavy atom. The number of nitrogens with one attached hydrogen (secondary N) is 1. The summed E-state index contributed by atoms with van der Waals surface area (Å²) in [5, 5.41) is 7.67. The molecule has 4 nitrogen and oxygen atoms in total. The summed E-state index contributed by atoms with van der Waals surface area (Å²) in [7, 11) is 0. The van der Waals surface area contributed by atoms with Crippen LogP contribution in [-0.4, -0.2) is 35.2 Å². The topological polar surface area (TPSA) is 41.3 Å². The third-order valence-corrected chi connectivity index (χ3v) is 4.08. The van der Waals surface area contributed by atoms with Crippen molar-refractivity contribution in [2.45, 2.75) is 53.2 Å². The molecule has 2 unspecified atom stereocenters. The molecular weight excluding hydrogens is 226 g/mol. The van der Waals surface area contributed by atoms with Gasteiger partial charge >= 0.3 is 0 Å². The van der Waals surface area contributed by atoms with Crippen LogP contribution >= 0.6 is 0 Å². The van der Waals surface area contributed by atoms with E-state index in [0.29, 0.717) is 18.0 Å². The van der Waals surface area contributed by atoms with Gasteiger partial charge in [-0.05, 0) is 26.7 Å². The van der Waals surface area contributed by atoms with Crippen LogP contribution in [0.5, 0.6) is 0 Å². The van der Waals surface area contributed by atoms with Gasteiger partial charge in [0.1, 0.15) is 5.76 Å². The zero-order valence-electron chi connectivity index (χ0n) is 12.2. The van der Waals surface area contributed by atoms with E-state index < -0.39 is 0 Å². The molecule has 2 atom stereocenters. The SMILES string of the molecule is Cc1noc(C)c1CN1CC(C(C)C)NCC1C. The predicted octanol–water partition coefficient (Wildman–Crippen LogP) is 2.11. The van der Waals surface area contributed by atoms with Crippen LogP contribution < -0.4 is 5.32 Å². The van der Waals surface area contributed by atoms with E-state index in [1.807, 2.05) is 13.8 Å². The number of aryl methyl sites for hydroxylation is 2. The van der Waals surface area contributed by atoms with E-state index in [2.05, 4.69) is 36.1 Å². The molecule has 0 spiro atoms. The average Bonchev–Trinajstić information content (AvgIpc) is 2.63. The lowest BCUT2D eigenvalue weighted by atomic mass is 9.99. The van der Waals surface area contributed by atoms with Crippen LogP contribution in [0.1, 0.15) is 37.8 Å². The van der Waals surface area contributed by atoms with E-state index in [0.717, 1.165) is 31.1 Å². The second-order valence-corrected chi connectivity index (χ2v) is 5.84. The Morgan fingerprint density at radius 3 is 2.72 bits per heavy atom.